The molecule has 3 heteroatoms. The molecule has 1 aliphatic rings. The Kier molecular flexibility index (Phi) is 3.91. The van der Waals surface area contributed by atoms with E-state index in [1.54, 1.807) is 0 Å². The summed E-state index contributed by atoms with van der Waals surface area (Å²) >= 11 is 0. The van der Waals surface area contributed by atoms with Gasteiger partial charge in [-0.1, -0.05) is 49.7 Å². The van der Waals surface area contributed by atoms with Crippen LogP contribution in [-0.4, -0.2) is 12.4 Å². The topological polar surface area (TPSA) is 33.6 Å². The molecule has 24 heavy (non-hydrogen) atoms. The Hall–Kier alpha value is -2.81. The minimum atomic E-state index is 0.752. The molecule has 1 N–H and O–H groups in total. The summed E-state index contributed by atoms with van der Waals surface area (Å²) in [7, 11) is 0. The number of nitrogens with zero attached hydrogens (tertiary/aromatic N) is 1. The summed E-state index contributed by atoms with van der Waals surface area (Å²) in [6.45, 7) is 2.92. The van der Waals surface area contributed by atoms with Gasteiger partial charge in [0.05, 0.1) is 12.3 Å². The second-order valence-corrected chi connectivity index (χ2v) is 6.00. The zero-order chi connectivity index (χ0) is 16.4. The molecule has 0 atom stereocenters. The number of benzene rings is 3. The van der Waals surface area contributed by atoms with E-state index in [2.05, 4.69) is 60.8 Å². The lowest BCUT2D eigenvalue weighted by atomic mass is 10.0. The van der Waals surface area contributed by atoms with Crippen molar-refractivity contribution in [3.05, 3.63) is 66.2 Å². The van der Waals surface area contributed by atoms with E-state index in [-0.39, 0.29) is 0 Å². The van der Waals surface area contributed by atoms with E-state index >= 15 is 0 Å². The van der Waals surface area contributed by atoms with Gasteiger partial charge < -0.3 is 10.1 Å². The van der Waals surface area contributed by atoms with Crippen molar-refractivity contribution >= 4 is 28.0 Å². The van der Waals surface area contributed by atoms with Crippen LogP contribution in [-0.2, 0) is 0 Å². The number of hydrogen-bond donors (Lipinski definition) is 1. The molecular weight excluding hydrogens is 296 g/mol. The Morgan fingerprint density at radius 2 is 1.83 bits per heavy atom. The average Bonchev–Trinajstić information content (AvgIpc) is 2.63. The maximum atomic E-state index is 5.82. The molecule has 0 saturated carbocycles. The van der Waals surface area contributed by atoms with Crippen LogP contribution >= 0.6 is 0 Å². The molecule has 0 saturated heterocycles. The SMILES string of the molecule is CCCCOc1cccc(C2=Nc3cccc4cccc(c34)N2)c1. The van der Waals surface area contributed by atoms with Gasteiger partial charge in [0.1, 0.15) is 11.6 Å². The smallest absolute Gasteiger partial charge is 0.138 e. The molecule has 0 bridgehead atoms. The number of aliphatic imine (C=N–C) groups is 1. The van der Waals surface area contributed by atoms with Gasteiger partial charge in [0.25, 0.3) is 0 Å². The maximum absolute atomic E-state index is 5.82. The number of nitrogens with one attached hydrogen (secondary N) is 1. The van der Waals surface area contributed by atoms with Crippen LogP contribution in [0.2, 0.25) is 0 Å². The van der Waals surface area contributed by atoms with Gasteiger partial charge in [-0.05, 0) is 36.1 Å². The van der Waals surface area contributed by atoms with Crippen LogP contribution in [0.15, 0.2) is 65.7 Å². The Balaban J connectivity index is 1.69. The first kappa shape index (κ1) is 14.8. The van der Waals surface area contributed by atoms with Crippen LogP contribution in [0.1, 0.15) is 25.3 Å². The van der Waals surface area contributed by atoms with Crippen molar-refractivity contribution in [1.82, 2.24) is 0 Å². The summed E-state index contributed by atoms with van der Waals surface area (Å²) < 4.78 is 5.82. The summed E-state index contributed by atoms with van der Waals surface area (Å²) in [4.78, 5) is 4.82. The van der Waals surface area contributed by atoms with Gasteiger partial charge >= 0.3 is 0 Å². The Labute approximate surface area is 142 Å². The summed E-state index contributed by atoms with van der Waals surface area (Å²) in [5.41, 5.74) is 3.15. The summed E-state index contributed by atoms with van der Waals surface area (Å²) in [5, 5.41) is 5.85. The molecule has 1 aliphatic heterocycles. The van der Waals surface area contributed by atoms with Crippen molar-refractivity contribution in [2.45, 2.75) is 19.8 Å². The monoisotopic (exact) mass is 316 g/mol. The first-order chi connectivity index (χ1) is 11.8. The van der Waals surface area contributed by atoms with E-state index in [0.29, 0.717) is 0 Å². The molecule has 0 aromatic heterocycles. The van der Waals surface area contributed by atoms with Gasteiger partial charge in [-0.25, -0.2) is 4.99 Å². The second kappa shape index (κ2) is 6.36. The molecule has 4 rings (SSSR count). The lowest BCUT2D eigenvalue weighted by Crippen LogP contribution is -2.16. The standard InChI is InChI=1S/C21H20N2O/c1-2-3-13-24-17-10-4-9-16(14-17)21-22-18-11-5-7-15-8-6-12-19(23-21)20(15)18/h4-12,14H,2-3,13H2,1H3,(H,22,23). The summed E-state index contributed by atoms with van der Waals surface area (Å²) in [6.07, 6.45) is 2.20. The van der Waals surface area contributed by atoms with Crippen molar-refractivity contribution in [3.8, 4) is 5.75 Å². The first-order valence-electron chi connectivity index (χ1n) is 8.46. The number of ether oxygens (including phenoxy) is 1. The van der Waals surface area contributed by atoms with Crippen LogP contribution in [0.5, 0.6) is 5.75 Å². The minimum Gasteiger partial charge on any atom is -0.494 e. The van der Waals surface area contributed by atoms with E-state index in [1.807, 2.05) is 12.1 Å². The van der Waals surface area contributed by atoms with Gasteiger partial charge in [0.2, 0.25) is 0 Å². The highest BCUT2D eigenvalue weighted by Crippen LogP contribution is 2.36. The van der Waals surface area contributed by atoms with Crippen LogP contribution in [0.4, 0.5) is 11.4 Å². The zero-order valence-corrected chi connectivity index (χ0v) is 13.8. The number of unbranched alkanes of at least 4 members (excludes halogenated alkanes) is 1. The fraction of sp³-hybridized carbons (Fsp3) is 0.190. The molecule has 0 spiro atoms. The van der Waals surface area contributed by atoms with Crippen molar-refractivity contribution in [2.75, 3.05) is 11.9 Å². The van der Waals surface area contributed by atoms with E-state index < -0.39 is 0 Å². The highest BCUT2D eigenvalue weighted by atomic mass is 16.5. The molecule has 3 aromatic rings. The van der Waals surface area contributed by atoms with Crippen molar-refractivity contribution < 1.29 is 4.74 Å². The molecule has 0 radical (unpaired) electrons. The lowest BCUT2D eigenvalue weighted by Gasteiger charge is -2.19. The predicted octanol–water partition coefficient (Wildman–Crippen LogP) is 5.52. The van der Waals surface area contributed by atoms with Crippen molar-refractivity contribution in [1.29, 1.82) is 0 Å². The van der Waals surface area contributed by atoms with Crippen LogP contribution in [0.25, 0.3) is 10.8 Å². The highest BCUT2D eigenvalue weighted by Gasteiger charge is 2.15. The number of amidine groups is 1. The quantitative estimate of drug-likeness (QED) is 0.629. The number of anilines is 1. The lowest BCUT2D eigenvalue weighted by molar-refractivity contribution is 0.309. The highest BCUT2D eigenvalue weighted by molar-refractivity contribution is 6.19. The van der Waals surface area contributed by atoms with Gasteiger partial charge in [-0.3, -0.25) is 0 Å². The third-order valence-electron chi connectivity index (χ3n) is 4.24. The number of hydrogen-bond acceptors (Lipinski definition) is 3. The van der Waals surface area contributed by atoms with Crippen molar-refractivity contribution in [2.24, 2.45) is 4.99 Å². The van der Waals surface area contributed by atoms with Gasteiger partial charge in [-0.2, -0.15) is 0 Å². The Bertz CT molecular complexity index is 909. The summed E-state index contributed by atoms with van der Waals surface area (Å²) in [5.74, 6) is 1.75. The van der Waals surface area contributed by atoms with Crippen molar-refractivity contribution in [3.63, 3.8) is 0 Å². The van der Waals surface area contributed by atoms with E-state index in [0.717, 1.165) is 48.0 Å². The third-order valence-corrected chi connectivity index (χ3v) is 4.24. The number of rotatable bonds is 5. The van der Waals surface area contributed by atoms with Crippen LogP contribution in [0, 0.1) is 0 Å². The second-order valence-electron chi connectivity index (χ2n) is 6.00. The maximum Gasteiger partial charge on any atom is 0.138 e. The molecular formula is C21H20N2O. The normalized spacial score (nSPS) is 12.6. The first-order valence-corrected chi connectivity index (χ1v) is 8.46. The van der Waals surface area contributed by atoms with Gasteiger partial charge in [0, 0.05) is 16.6 Å². The molecule has 0 amide bonds. The van der Waals surface area contributed by atoms with E-state index in [9.17, 15) is 0 Å². The van der Waals surface area contributed by atoms with Gasteiger partial charge in [-0.15, -0.1) is 0 Å². The van der Waals surface area contributed by atoms with Gasteiger partial charge in [0.15, 0.2) is 0 Å². The molecule has 3 nitrogen and oxygen atoms in total. The Morgan fingerprint density at radius 3 is 2.71 bits per heavy atom. The largest absolute Gasteiger partial charge is 0.494 e. The van der Waals surface area contributed by atoms with Crippen LogP contribution < -0.4 is 10.1 Å². The molecule has 120 valence electrons. The fourth-order valence-corrected chi connectivity index (χ4v) is 3.00. The summed E-state index contributed by atoms with van der Waals surface area (Å²) in [6, 6.07) is 20.6. The minimum absolute atomic E-state index is 0.752. The Morgan fingerprint density at radius 1 is 1.00 bits per heavy atom. The molecule has 0 unspecified atom stereocenters. The molecule has 0 fully saturated rings. The average molecular weight is 316 g/mol. The fourth-order valence-electron chi connectivity index (χ4n) is 3.00. The molecule has 1 heterocycles. The van der Waals surface area contributed by atoms with E-state index in [1.165, 1.54) is 10.8 Å². The zero-order valence-electron chi connectivity index (χ0n) is 13.8. The van der Waals surface area contributed by atoms with Crippen LogP contribution in [0.3, 0.4) is 0 Å². The predicted molar refractivity (Wildman–Crippen MR) is 101 cm³/mol. The molecule has 0 aliphatic carbocycles. The molecule has 3 aromatic carbocycles. The third kappa shape index (κ3) is 2.73. The van der Waals surface area contributed by atoms with E-state index in [4.69, 9.17) is 9.73 Å².